The number of rotatable bonds is 5. The van der Waals surface area contributed by atoms with Gasteiger partial charge in [0.05, 0.1) is 16.6 Å². The summed E-state index contributed by atoms with van der Waals surface area (Å²) in [6, 6.07) is 3.28. The molecule has 0 aromatic heterocycles. The SMILES string of the molecule is CC(=O)Nc1ccc(C(=O)N[C@H](C(=O)N2CCC[C@H]2C=O)C(C)(C)C)c(Cl)c1. The van der Waals surface area contributed by atoms with E-state index in [0.29, 0.717) is 18.7 Å². The van der Waals surface area contributed by atoms with Crippen LogP contribution in [0.25, 0.3) is 0 Å². The molecule has 2 rings (SSSR count). The average Bonchev–Trinajstić information content (AvgIpc) is 3.06. The first-order valence-electron chi connectivity index (χ1n) is 9.18. The van der Waals surface area contributed by atoms with Gasteiger partial charge in [0, 0.05) is 19.2 Å². The predicted octanol–water partition coefficient (Wildman–Crippen LogP) is 2.63. The fourth-order valence-corrected chi connectivity index (χ4v) is 3.48. The lowest BCUT2D eigenvalue weighted by molar-refractivity contribution is -0.138. The largest absolute Gasteiger partial charge is 0.340 e. The number of hydrogen-bond acceptors (Lipinski definition) is 4. The van der Waals surface area contributed by atoms with E-state index in [-0.39, 0.29) is 22.4 Å². The molecule has 2 atom stereocenters. The van der Waals surface area contributed by atoms with Crippen molar-refractivity contribution in [2.24, 2.45) is 5.41 Å². The summed E-state index contributed by atoms with van der Waals surface area (Å²) in [6.45, 7) is 7.42. The Labute approximate surface area is 169 Å². The molecule has 8 heteroatoms. The molecule has 1 saturated heterocycles. The van der Waals surface area contributed by atoms with Gasteiger partial charge in [-0.15, -0.1) is 0 Å². The quantitative estimate of drug-likeness (QED) is 0.733. The molecule has 152 valence electrons. The molecular formula is C20H26ClN3O4. The Kier molecular flexibility index (Phi) is 6.82. The van der Waals surface area contributed by atoms with E-state index < -0.39 is 23.4 Å². The third kappa shape index (κ3) is 5.10. The van der Waals surface area contributed by atoms with E-state index in [1.54, 1.807) is 6.07 Å². The fourth-order valence-electron chi connectivity index (χ4n) is 3.21. The van der Waals surface area contributed by atoms with Crippen LogP contribution in [0.4, 0.5) is 5.69 Å². The second kappa shape index (κ2) is 8.73. The van der Waals surface area contributed by atoms with Crippen LogP contribution in [0.15, 0.2) is 18.2 Å². The Hall–Kier alpha value is -2.41. The van der Waals surface area contributed by atoms with Crippen LogP contribution in [-0.2, 0) is 14.4 Å². The zero-order chi connectivity index (χ0) is 21.1. The Morgan fingerprint density at radius 1 is 1.29 bits per heavy atom. The van der Waals surface area contributed by atoms with Gasteiger partial charge < -0.3 is 20.3 Å². The van der Waals surface area contributed by atoms with Crippen LogP contribution in [0, 0.1) is 5.41 Å². The van der Waals surface area contributed by atoms with E-state index in [1.165, 1.54) is 24.0 Å². The summed E-state index contributed by atoms with van der Waals surface area (Å²) in [7, 11) is 0. The number of anilines is 1. The molecule has 0 spiro atoms. The topological polar surface area (TPSA) is 95.6 Å². The zero-order valence-corrected chi connectivity index (χ0v) is 17.3. The number of amides is 3. The van der Waals surface area contributed by atoms with E-state index in [9.17, 15) is 19.2 Å². The van der Waals surface area contributed by atoms with Gasteiger partial charge in [-0.1, -0.05) is 32.4 Å². The second-order valence-electron chi connectivity index (χ2n) is 8.03. The number of hydrogen-bond donors (Lipinski definition) is 2. The Morgan fingerprint density at radius 3 is 2.50 bits per heavy atom. The van der Waals surface area contributed by atoms with Crippen LogP contribution >= 0.6 is 11.6 Å². The van der Waals surface area contributed by atoms with Crippen molar-refractivity contribution >= 4 is 41.3 Å². The van der Waals surface area contributed by atoms with Crippen molar-refractivity contribution in [3.8, 4) is 0 Å². The Balaban J connectivity index is 2.23. The first kappa shape index (κ1) is 21.9. The minimum Gasteiger partial charge on any atom is -0.340 e. The van der Waals surface area contributed by atoms with Crippen LogP contribution in [0.1, 0.15) is 50.9 Å². The van der Waals surface area contributed by atoms with Gasteiger partial charge >= 0.3 is 0 Å². The number of carbonyl (C=O) groups is 4. The summed E-state index contributed by atoms with van der Waals surface area (Å²) in [5.41, 5.74) is 0.111. The number of halogens is 1. The molecule has 2 N–H and O–H groups in total. The van der Waals surface area contributed by atoms with Crippen molar-refractivity contribution in [2.75, 3.05) is 11.9 Å². The number of carbonyl (C=O) groups excluding carboxylic acids is 4. The fraction of sp³-hybridized carbons (Fsp3) is 0.500. The highest BCUT2D eigenvalue weighted by Gasteiger charge is 2.39. The highest BCUT2D eigenvalue weighted by atomic mass is 35.5. The molecule has 1 heterocycles. The van der Waals surface area contributed by atoms with Crippen molar-refractivity contribution in [2.45, 2.75) is 52.6 Å². The van der Waals surface area contributed by atoms with Gasteiger partial charge in [0.25, 0.3) is 5.91 Å². The third-order valence-corrected chi connectivity index (χ3v) is 4.97. The van der Waals surface area contributed by atoms with Crippen molar-refractivity contribution < 1.29 is 19.2 Å². The number of nitrogens with zero attached hydrogens (tertiary/aromatic N) is 1. The van der Waals surface area contributed by atoms with Gasteiger partial charge in [-0.2, -0.15) is 0 Å². The van der Waals surface area contributed by atoms with Gasteiger partial charge in [0.1, 0.15) is 12.3 Å². The first-order valence-corrected chi connectivity index (χ1v) is 9.56. The average molecular weight is 408 g/mol. The highest BCUT2D eigenvalue weighted by Crippen LogP contribution is 2.27. The molecule has 28 heavy (non-hydrogen) atoms. The molecule has 1 aromatic carbocycles. The van der Waals surface area contributed by atoms with E-state index in [2.05, 4.69) is 10.6 Å². The summed E-state index contributed by atoms with van der Waals surface area (Å²) in [5, 5.41) is 5.54. The zero-order valence-electron chi connectivity index (χ0n) is 16.5. The predicted molar refractivity (Wildman–Crippen MR) is 107 cm³/mol. The van der Waals surface area contributed by atoms with Gasteiger partial charge in [0.2, 0.25) is 11.8 Å². The van der Waals surface area contributed by atoms with Crippen LogP contribution in [0.3, 0.4) is 0 Å². The lowest BCUT2D eigenvalue weighted by Gasteiger charge is -2.34. The highest BCUT2D eigenvalue weighted by molar-refractivity contribution is 6.34. The molecule has 3 amide bonds. The maximum Gasteiger partial charge on any atom is 0.253 e. The van der Waals surface area contributed by atoms with Crippen molar-refractivity contribution in [3.05, 3.63) is 28.8 Å². The van der Waals surface area contributed by atoms with E-state index in [0.717, 1.165) is 12.7 Å². The van der Waals surface area contributed by atoms with E-state index in [4.69, 9.17) is 11.6 Å². The van der Waals surface area contributed by atoms with Crippen LogP contribution in [0.5, 0.6) is 0 Å². The number of likely N-dealkylation sites (tertiary alicyclic amines) is 1. The minimum absolute atomic E-state index is 0.163. The van der Waals surface area contributed by atoms with Gasteiger partial charge in [-0.3, -0.25) is 14.4 Å². The smallest absolute Gasteiger partial charge is 0.253 e. The van der Waals surface area contributed by atoms with Crippen LogP contribution in [-0.4, -0.2) is 47.5 Å². The van der Waals surface area contributed by atoms with Gasteiger partial charge in [-0.05, 0) is 36.5 Å². The number of benzene rings is 1. The Morgan fingerprint density at radius 2 is 1.96 bits per heavy atom. The lowest BCUT2D eigenvalue weighted by Crippen LogP contribution is -2.55. The number of nitrogens with one attached hydrogen (secondary N) is 2. The first-order chi connectivity index (χ1) is 13.0. The van der Waals surface area contributed by atoms with Gasteiger partial charge in [0.15, 0.2) is 0 Å². The molecule has 0 unspecified atom stereocenters. The van der Waals surface area contributed by atoms with Crippen molar-refractivity contribution in [1.29, 1.82) is 0 Å². The molecule has 0 saturated carbocycles. The monoisotopic (exact) mass is 407 g/mol. The van der Waals surface area contributed by atoms with E-state index in [1.807, 2.05) is 20.8 Å². The summed E-state index contributed by atoms with van der Waals surface area (Å²) in [6.07, 6.45) is 2.18. The maximum atomic E-state index is 13.1. The molecule has 0 aliphatic carbocycles. The van der Waals surface area contributed by atoms with E-state index >= 15 is 0 Å². The molecule has 1 fully saturated rings. The molecule has 1 aliphatic rings. The van der Waals surface area contributed by atoms with Crippen molar-refractivity contribution in [3.63, 3.8) is 0 Å². The molecule has 0 radical (unpaired) electrons. The molecule has 0 bridgehead atoms. The van der Waals surface area contributed by atoms with Gasteiger partial charge in [-0.25, -0.2) is 0 Å². The minimum atomic E-state index is -0.813. The lowest BCUT2D eigenvalue weighted by atomic mass is 9.85. The summed E-state index contributed by atoms with van der Waals surface area (Å²) >= 11 is 6.20. The molecule has 1 aromatic rings. The van der Waals surface area contributed by atoms with Crippen LogP contribution < -0.4 is 10.6 Å². The Bertz CT molecular complexity index is 788. The van der Waals surface area contributed by atoms with Crippen LogP contribution in [0.2, 0.25) is 5.02 Å². The van der Waals surface area contributed by atoms with Crippen molar-refractivity contribution in [1.82, 2.24) is 10.2 Å². The summed E-state index contributed by atoms with van der Waals surface area (Å²) in [4.78, 5) is 49.8. The maximum absolute atomic E-state index is 13.1. The molecule has 7 nitrogen and oxygen atoms in total. The second-order valence-corrected chi connectivity index (χ2v) is 8.43. The summed E-state index contributed by atoms with van der Waals surface area (Å²) in [5.74, 6) is -1.02. The normalized spacial score (nSPS) is 17.8. The summed E-state index contributed by atoms with van der Waals surface area (Å²) < 4.78 is 0. The number of aldehydes is 1. The third-order valence-electron chi connectivity index (χ3n) is 4.66. The standard InChI is InChI=1S/C20H26ClN3O4/c1-12(26)22-13-7-8-15(16(21)10-13)18(27)23-17(20(2,3)4)19(28)24-9-5-6-14(24)11-25/h7-8,10-11,14,17H,5-6,9H2,1-4H3,(H,22,26)(H,23,27)/t14-,17+/m0/s1. The molecule has 1 aliphatic heterocycles. The molecular weight excluding hydrogens is 382 g/mol.